The van der Waals surface area contributed by atoms with E-state index >= 15 is 0 Å². The molecular weight excluding hydrogens is 433 g/mol. The van der Waals surface area contributed by atoms with Crippen molar-refractivity contribution in [2.24, 2.45) is 16.8 Å². The van der Waals surface area contributed by atoms with Crippen molar-refractivity contribution in [3.05, 3.63) is 0 Å². The molecule has 0 saturated carbocycles. The second-order valence-corrected chi connectivity index (χ2v) is 7.19. The van der Waals surface area contributed by atoms with Crippen molar-refractivity contribution in [1.29, 1.82) is 0 Å². The maximum Gasteiger partial charge on any atom is 0.242 e. The van der Waals surface area contributed by atoms with E-state index in [4.69, 9.17) is 0 Å². The fourth-order valence-corrected chi connectivity index (χ4v) is 2.55. The van der Waals surface area contributed by atoms with E-state index in [1.165, 1.54) is 4.90 Å². The molecule has 0 aliphatic carbocycles. The SMILES string of the molecule is CC(C)NC(=O)CN=C(NCC(=O)N(C)C)N1CCC(C)C(C)C1.I. The Morgan fingerprint density at radius 1 is 1.24 bits per heavy atom. The fourth-order valence-electron chi connectivity index (χ4n) is 2.55. The number of nitrogens with zero attached hydrogens (tertiary/aromatic N) is 3. The number of halogens is 1. The van der Waals surface area contributed by atoms with Gasteiger partial charge in [0.2, 0.25) is 11.8 Å². The summed E-state index contributed by atoms with van der Waals surface area (Å²) >= 11 is 0. The molecule has 2 N–H and O–H groups in total. The molecule has 0 radical (unpaired) electrons. The van der Waals surface area contributed by atoms with Crippen LogP contribution in [0, 0.1) is 11.8 Å². The van der Waals surface area contributed by atoms with Crippen LogP contribution in [0.4, 0.5) is 0 Å². The highest BCUT2D eigenvalue weighted by atomic mass is 127. The average molecular weight is 467 g/mol. The number of guanidine groups is 1. The summed E-state index contributed by atoms with van der Waals surface area (Å²) in [5, 5.41) is 5.95. The summed E-state index contributed by atoms with van der Waals surface area (Å²) in [4.78, 5) is 31.8. The van der Waals surface area contributed by atoms with E-state index in [0.717, 1.165) is 19.5 Å². The molecule has 1 fully saturated rings. The van der Waals surface area contributed by atoms with Crippen LogP contribution in [0.2, 0.25) is 0 Å². The Kier molecular flexibility index (Phi) is 11.0. The molecule has 0 aromatic heterocycles. The fraction of sp³-hybridized carbons (Fsp3) is 0.824. The highest BCUT2D eigenvalue weighted by Crippen LogP contribution is 2.22. The zero-order chi connectivity index (χ0) is 18.3. The van der Waals surface area contributed by atoms with Crippen LogP contribution < -0.4 is 10.6 Å². The molecule has 7 nitrogen and oxygen atoms in total. The largest absolute Gasteiger partial charge is 0.352 e. The first-order chi connectivity index (χ1) is 11.2. The molecule has 146 valence electrons. The molecule has 0 aromatic carbocycles. The lowest BCUT2D eigenvalue weighted by Crippen LogP contribution is -2.50. The van der Waals surface area contributed by atoms with Gasteiger partial charge in [0, 0.05) is 33.2 Å². The molecule has 2 atom stereocenters. The number of likely N-dealkylation sites (tertiary alicyclic amines) is 1. The summed E-state index contributed by atoms with van der Waals surface area (Å²) in [6, 6.07) is 0.0929. The molecule has 2 amide bonds. The van der Waals surface area contributed by atoms with E-state index in [9.17, 15) is 9.59 Å². The van der Waals surface area contributed by atoms with Crippen molar-refractivity contribution in [2.75, 3.05) is 40.3 Å². The topological polar surface area (TPSA) is 77.0 Å². The van der Waals surface area contributed by atoms with E-state index in [-0.39, 0.29) is 54.9 Å². The van der Waals surface area contributed by atoms with Crippen molar-refractivity contribution in [1.82, 2.24) is 20.4 Å². The smallest absolute Gasteiger partial charge is 0.242 e. The molecular formula is C17H34IN5O2. The van der Waals surface area contributed by atoms with E-state index in [1.807, 2.05) is 13.8 Å². The van der Waals surface area contributed by atoms with Crippen LogP contribution in [0.25, 0.3) is 0 Å². The van der Waals surface area contributed by atoms with Crippen molar-refractivity contribution in [2.45, 2.75) is 40.2 Å². The van der Waals surface area contributed by atoms with Crippen molar-refractivity contribution >= 4 is 41.8 Å². The molecule has 1 saturated heterocycles. The van der Waals surface area contributed by atoms with Crippen molar-refractivity contribution in [3.63, 3.8) is 0 Å². The minimum absolute atomic E-state index is 0. The number of hydrogen-bond acceptors (Lipinski definition) is 3. The van der Waals surface area contributed by atoms with Crippen LogP contribution in [0.5, 0.6) is 0 Å². The lowest BCUT2D eigenvalue weighted by atomic mass is 9.89. The van der Waals surface area contributed by atoms with Crippen LogP contribution in [0.15, 0.2) is 4.99 Å². The number of aliphatic imine (C=N–C) groups is 1. The summed E-state index contributed by atoms with van der Waals surface area (Å²) in [5.41, 5.74) is 0. The first kappa shape index (κ1) is 23.9. The highest BCUT2D eigenvalue weighted by Gasteiger charge is 2.25. The van der Waals surface area contributed by atoms with Gasteiger partial charge < -0.3 is 20.4 Å². The normalized spacial score (nSPS) is 20.8. The van der Waals surface area contributed by atoms with Crippen LogP contribution in [0.1, 0.15) is 34.1 Å². The number of nitrogens with one attached hydrogen (secondary N) is 2. The van der Waals surface area contributed by atoms with Gasteiger partial charge in [-0.2, -0.15) is 0 Å². The van der Waals surface area contributed by atoms with E-state index in [0.29, 0.717) is 17.8 Å². The van der Waals surface area contributed by atoms with E-state index < -0.39 is 0 Å². The summed E-state index contributed by atoms with van der Waals surface area (Å²) in [7, 11) is 3.45. The van der Waals surface area contributed by atoms with Gasteiger partial charge in [-0.05, 0) is 32.1 Å². The second kappa shape index (κ2) is 11.5. The first-order valence-corrected chi connectivity index (χ1v) is 8.73. The molecule has 0 spiro atoms. The predicted molar refractivity (Wildman–Crippen MR) is 112 cm³/mol. The third-order valence-electron chi connectivity index (χ3n) is 4.35. The second-order valence-electron chi connectivity index (χ2n) is 7.19. The average Bonchev–Trinajstić information content (AvgIpc) is 2.49. The van der Waals surface area contributed by atoms with Crippen LogP contribution >= 0.6 is 24.0 Å². The first-order valence-electron chi connectivity index (χ1n) is 8.73. The number of hydrogen-bond donors (Lipinski definition) is 2. The third kappa shape index (κ3) is 8.73. The van der Waals surface area contributed by atoms with Gasteiger partial charge in [-0.1, -0.05) is 13.8 Å². The molecule has 2 unspecified atom stereocenters. The Hall–Kier alpha value is -1.06. The Morgan fingerprint density at radius 3 is 2.40 bits per heavy atom. The predicted octanol–water partition coefficient (Wildman–Crippen LogP) is 1.14. The van der Waals surface area contributed by atoms with Gasteiger partial charge >= 0.3 is 0 Å². The number of amides is 2. The van der Waals surface area contributed by atoms with E-state index in [2.05, 4.69) is 34.4 Å². The molecule has 1 aliphatic heterocycles. The quantitative estimate of drug-likeness (QED) is 0.361. The molecule has 0 bridgehead atoms. The summed E-state index contributed by atoms with van der Waals surface area (Å²) in [5.74, 6) is 1.74. The van der Waals surface area contributed by atoms with Crippen molar-refractivity contribution in [3.8, 4) is 0 Å². The number of likely N-dealkylation sites (N-methyl/N-ethyl adjacent to an activating group) is 1. The van der Waals surface area contributed by atoms with Gasteiger partial charge in [0.1, 0.15) is 6.54 Å². The Bertz CT molecular complexity index is 468. The number of rotatable bonds is 5. The monoisotopic (exact) mass is 467 g/mol. The van der Waals surface area contributed by atoms with E-state index in [1.54, 1.807) is 14.1 Å². The van der Waals surface area contributed by atoms with Gasteiger partial charge in [-0.25, -0.2) is 4.99 Å². The zero-order valence-electron chi connectivity index (χ0n) is 16.3. The molecule has 0 aromatic rings. The Balaban J connectivity index is 0.00000576. The number of carbonyl (C=O) groups is 2. The van der Waals surface area contributed by atoms with Gasteiger partial charge in [-0.3, -0.25) is 9.59 Å². The number of piperidine rings is 1. The lowest BCUT2D eigenvalue weighted by Gasteiger charge is -2.37. The lowest BCUT2D eigenvalue weighted by molar-refractivity contribution is -0.127. The van der Waals surface area contributed by atoms with Crippen LogP contribution in [0.3, 0.4) is 0 Å². The Labute approximate surface area is 169 Å². The number of carbonyl (C=O) groups excluding carboxylic acids is 2. The maximum atomic E-state index is 11.9. The molecule has 1 heterocycles. The van der Waals surface area contributed by atoms with Crippen LogP contribution in [-0.2, 0) is 9.59 Å². The van der Waals surface area contributed by atoms with Gasteiger partial charge in [0.05, 0.1) is 6.54 Å². The summed E-state index contributed by atoms with van der Waals surface area (Å²) < 4.78 is 0. The van der Waals surface area contributed by atoms with Gasteiger partial charge in [0.15, 0.2) is 5.96 Å². The Morgan fingerprint density at radius 2 is 1.88 bits per heavy atom. The molecule has 8 heteroatoms. The summed E-state index contributed by atoms with van der Waals surface area (Å²) in [6.45, 7) is 10.3. The molecule has 1 rings (SSSR count). The third-order valence-corrected chi connectivity index (χ3v) is 4.35. The van der Waals surface area contributed by atoms with Gasteiger partial charge in [-0.15, -0.1) is 24.0 Å². The van der Waals surface area contributed by atoms with Crippen LogP contribution in [-0.4, -0.2) is 73.9 Å². The zero-order valence-corrected chi connectivity index (χ0v) is 18.7. The standard InChI is InChI=1S/C17H33N5O2.HI/c1-12(2)20-15(23)9-18-17(19-10-16(24)21(5)6)22-8-7-13(3)14(4)11-22;/h12-14H,7-11H2,1-6H3,(H,18,19)(H,20,23);1H. The molecule has 1 aliphatic rings. The summed E-state index contributed by atoms with van der Waals surface area (Å²) in [6.07, 6.45) is 1.09. The minimum Gasteiger partial charge on any atom is -0.352 e. The molecule has 25 heavy (non-hydrogen) atoms. The van der Waals surface area contributed by atoms with Gasteiger partial charge in [0.25, 0.3) is 0 Å². The maximum absolute atomic E-state index is 11.9. The highest BCUT2D eigenvalue weighted by molar-refractivity contribution is 14.0. The minimum atomic E-state index is -0.110. The van der Waals surface area contributed by atoms with Crippen molar-refractivity contribution < 1.29 is 9.59 Å².